The third-order valence-electron chi connectivity index (χ3n) is 4.26. The van der Waals surface area contributed by atoms with Crippen molar-refractivity contribution >= 4 is 16.9 Å². The fraction of sp³-hybridized carbons (Fsp3) is 0.667. The molecule has 1 aliphatic carbocycles. The van der Waals surface area contributed by atoms with E-state index in [1.807, 2.05) is 34.4 Å². The van der Waals surface area contributed by atoms with E-state index in [2.05, 4.69) is 17.1 Å². The number of carbonyl (C=O) groups excluding carboxylic acids is 1. The molecule has 0 atom stereocenters. The van der Waals surface area contributed by atoms with Gasteiger partial charge in [-0.05, 0) is 32.6 Å². The van der Waals surface area contributed by atoms with Crippen LogP contribution in [0.15, 0.2) is 6.20 Å². The van der Waals surface area contributed by atoms with Crippen molar-refractivity contribution in [1.82, 2.24) is 24.5 Å². The Bertz CT molecular complexity index is 652. The van der Waals surface area contributed by atoms with Gasteiger partial charge < -0.3 is 4.90 Å². The Morgan fingerprint density at radius 2 is 2.24 bits per heavy atom. The molecule has 1 saturated carbocycles. The molecule has 21 heavy (non-hydrogen) atoms. The third-order valence-corrected chi connectivity index (χ3v) is 4.26. The van der Waals surface area contributed by atoms with Crippen molar-refractivity contribution in [2.24, 2.45) is 13.0 Å². The van der Waals surface area contributed by atoms with Crippen molar-refractivity contribution in [2.75, 3.05) is 13.1 Å². The predicted octanol–water partition coefficient (Wildman–Crippen LogP) is 1.73. The Hall–Kier alpha value is -1.85. The maximum absolute atomic E-state index is 12.3. The largest absolute Gasteiger partial charge is 0.343 e. The SMILES string of the molecule is CCN(CC1CC1)C(=O)CCn1ncc2c1c(C)nn2C. The quantitative estimate of drug-likeness (QED) is 0.813. The van der Waals surface area contributed by atoms with E-state index < -0.39 is 0 Å². The first-order chi connectivity index (χ1) is 10.1. The molecule has 6 nitrogen and oxygen atoms in total. The van der Waals surface area contributed by atoms with E-state index in [0.29, 0.717) is 13.0 Å². The van der Waals surface area contributed by atoms with Crippen molar-refractivity contribution in [2.45, 2.75) is 39.7 Å². The number of aryl methyl sites for hydroxylation is 3. The number of carbonyl (C=O) groups is 1. The van der Waals surface area contributed by atoms with Crippen molar-refractivity contribution < 1.29 is 4.79 Å². The lowest BCUT2D eigenvalue weighted by atomic mass is 10.3. The van der Waals surface area contributed by atoms with Crippen molar-refractivity contribution in [1.29, 1.82) is 0 Å². The highest BCUT2D eigenvalue weighted by Crippen LogP contribution is 2.29. The lowest BCUT2D eigenvalue weighted by Gasteiger charge is -2.20. The monoisotopic (exact) mass is 289 g/mol. The Morgan fingerprint density at radius 1 is 1.48 bits per heavy atom. The van der Waals surface area contributed by atoms with Gasteiger partial charge in [-0.15, -0.1) is 0 Å². The summed E-state index contributed by atoms with van der Waals surface area (Å²) in [6, 6.07) is 0. The topological polar surface area (TPSA) is 56.0 Å². The first-order valence-corrected chi connectivity index (χ1v) is 7.73. The third kappa shape index (κ3) is 2.80. The molecule has 0 aliphatic heterocycles. The number of hydrogen-bond acceptors (Lipinski definition) is 3. The normalized spacial score (nSPS) is 14.8. The zero-order valence-electron chi connectivity index (χ0n) is 13.0. The summed E-state index contributed by atoms with van der Waals surface area (Å²) >= 11 is 0. The Morgan fingerprint density at radius 3 is 2.90 bits per heavy atom. The van der Waals surface area contributed by atoms with Gasteiger partial charge >= 0.3 is 0 Å². The lowest BCUT2D eigenvalue weighted by Crippen LogP contribution is -2.33. The van der Waals surface area contributed by atoms with Crippen LogP contribution in [-0.4, -0.2) is 43.5 Å². The predicted molar refractivity (Wildman–Crippen MR) is 80.8 cm³/mol. The molecule has 2 heterocycles. The number of nitrogens with zero attached hydrogens (tertiary/aromatic N) is 5. The van der Waals surface area contributed by atoms with Crippen LogP contribution in [0.3, 0.4) is 0 Å². The molecule has 0 saturated heterocycles. The van der Waals surface area contributed by atoms with Gasteiger partial charge in [-0.3, -0.25) is 14.2 Å². The molecule has 2 aromatic heterocycles. The van der Waals surface area contributed by atoms with Crippen LogP contribution in [0.25, 0.3) is 11.0 Å². The number of fused-ring (bicyclic) bond motifs is 1. The molecule has 0 unspecified atom stereocenters. The summed E-state index contributed by atoms with van der Waals surface area (Å²) in [7, 11) is 1.92. The minimum atomic E-state index is 0.231. The zero-order valence-corrected chi connectivity index (χ0v) is 13.0. The number of aromatic nitrogens is 4. The fourth-order valence-corrected chi connectivity index (χ4v) is 2.86. The van der Waals surface area contributed by atoms with Gasteiger partial charge in [-0.2, -0.15) is 10.2 Å². The molecule has 3 rings (SSSR count). The van der Waals surface area contributed by atoms with Crippen LogP contribution in [0.2, 0.25) is 0 Å². The highest BCUT2D eigenvalue weighted by molar-refractivity contribution is 5.78. The summed E-state index contributed by atoms with van der Waals surface area (Å²) in [6.07, 6.45) is 4.88. The average Bonchev–Trinajstić information content (AvgIpc) is 3.10. The van der Waals surface area contributed by atoms with Gasteiger partial charge in [0.05, 0.1) is 18.4 Å². The number of amides is 1. The van der Waals surface area contributed by atoms with Crippen molar-refractivity contribution in [3.8, 4) is 0 Å². The Labute approximate surface area is 124 Å². The standard InChI is InChI=1S/C15H23N5O/c1-4-19(10-12-5-6-12)14(21)7-8-20-15-11(2)17-18(3)13(15)9-16-20/h9,12H,4-8,10H2,1-3H3. The summed E-state index contributed by atoms with van der Waals surface area (Å²) in [5.74, 6) is 0.973. The van der Waals surface area contributed by atoms with Gasteiger partial charge in [0.2, 0.25) is 5.91 Å². The van der Waals surface area contributed by atoms with Gasteiger partial charge in [0.1, 0.15) is 11.0 Å². The van der Waals surface area contributed by atoms with Crippen LogP contribution in [0, 0.1) is 12.8 Å². The molecule has 0 radical (unpaired) electrons. The summed E-state index contributed by atoms with van der Waals surface area (Å²) in [4.78, 5) is 14.3. The molecule has 1 amide bonds. The van der Waals surface area contributed by atoms with Gasteiger partial charge in [0, 0.05) is 26.6 Å². The van der Waals surface area contributed by atoms with E-state index in [1.165, 1.54) is 12.8 Å². The highest BCUT2D eigenvalue weighted by Gasteiger charge is 2.25. The van der Waals surface area contributed by atoms with Crippen LogP contribution < -0.4 is 0 Å². The second-order valence-corrected chi connectivity index (χ2v) is 5.94. The molecular formula is C15H23N5O. The summed E-state index contributed by atoms with van der Waals surface area (Å²) in [5, 5.41) is 8.79. The fourth-order valence-electron chi connectivity index (χ4n) is 2.86. The molecule has 0 aromatic carbocycles. The number of hydrogen-bond donors (Lipinski definition) is 0. The summed E-state index contributed by atoms with van der Waals surface area (Å²) < 4.78 is 3.74. The molecule has 0 spiro atoms. The van der Waals surface area contributed by atoms with Crippen LogP contribution in [0.5, 0.6) is 0 Å². The summed E-state index contributed by atoms with van der Waals surface area (Å²) in [5.41, 5.74) is 3.02. The minimum absolute atomic E-state index is 0.231. The molecule has 114 valence electrons. The molecule has 1 aliphatic rings. The molecule has 6 heteroatoms. The Balaban J connectivity index is 1.66. The van der Waals surface area contributed by atoms with E-state index in [9.17, 15) is 4.79 Å². The van der Waals surface area contributed by atoms with Crippen LogP contribution in [0.4, 0.5) is 0 Å². The second-order valence-electron chi connectivity index (χ2n) is 5.94. The van der Waals surface area contributed by atoms with E-state index in [0.717, 1.165) is 35.7 Å². The summed E-state index contributed by atoms with van der Waals surface area (Å²) in [6.45, 7) is 6.38. The van der Waals surface area contributed by atoms with Gasteiger partial charge in [-0.25, -0.2) is 0 Å². The van der Waals surface area contributed by atoms with Gasteiger partial charge in [-0.1, -0.05) is 0 Å². The maximum atomic E-state index is 12.3. The van der Waals surface area contributed by atoms with Crippen molar-refractivity contribution in [3.05, 3.63) is 11.9 Å². The van der Waals surface area contributed by atoms with E-state index >= 15 is 0 Å². The smallest absolute Gasteiger partial charge is 0.224 e. The molecule has 0 N–H and O–H groups in total. The maximum Gasteiger partial charge on any atom is 0.224 e. The minimum Gasteiger partial charge on any atom is -0.343 e. The van der Waals surface area contributed by atoms with Crippen molar-refractivity contribution in [3.63, 3.8) is 0 Å². The molecule has 0 bridgehead atoms. The highest BCUT2D eigenvalue weighted by atomic mass is 16.2. The van der Waals surface area contributed by atoms with E-state index in [1.54, 1.807) is 0 Å². The molecule has 2 aromatic rings. The van der Waals surface area contributed by atoms with Crippen LogP contribution in [0.1, 0.15) is 31.9 Å². The van der Waals surface area contributed by atoms with E-state index in [-0.39, 0.29) is 5.91 Å². The second kappa shape index (κ2) is 5.50. The Kier molecular flexibility index (Phi) is 3.69. The lowest BCUT2D eigenvalue weighted by molar-refractivity contribution is -0.131. The van der Waals surface area contributed by atoms with Gasteiger partial charge in [0.25, 0.3) is 0 Å². The van der Waals surface area contributed by atoms with E-state index in [4.69, 9.17) is 0 Å². The molecular weight excluding hydrogens is 266 g/mol. The van der Waals surface area contributed by atoms with Crippen LogP contribution in [-0.2, 0) is 18.4 Å². The zero-order chi connectivity index (χ0) is 15.0. The van der Waals surface area contributed by atoms with Crippen LogP contribution >= 0.6 is 0 Å². The first-order valence-electron chi connectivity index (χ1n) is 7.73. The average molecular weight is 289 g/mol. The number of rotatable bonds is 6. The first kappa shape index (κ1) is 14.1. The van der Waals surface area contributed by atoms with Gasteiger partial charge in [0.15, 0.2) is 0 Å². The molecule has 1 fully saturated rings.